The van der Waals surface area contributed by atoms with Crippen molar-refractivity contribution in [2.75, 3.05) is 4.90 Å². The Morgan fingerprint density at radius 3 is 2.61 bits per heavy atom. The highest BCUT2D eigenvalue weighted by Crippen LogP contribution is 2.44. The lowest BCUT2D eigenvalue weighted by atomic mass is 9.89. The molecule has 1 aromatic heterocycles. The molecule has 0 spiro atoms. The van der Waals surface area contributed by atoms with Gasteiger partial charge in [0.1, 0.15) is 5.69 Å². The summed E-state index contributed by atoms with van der Waals surface area (Å²) in [7, 11) is 0. The Labute approximate surface area is 161 Å². The van der Waals surface area contributed by atoms with Crippen molar-refractivity contribution in [2.45, 2.75) is 18.7 Å². The maximum Gasteiger partial charge on any atom is 0.269 e. The highest BCUT2D eigenvalue weighted by atomic mass is 16.3. The number of amides is 1. The van der Waals surface area contributed by atoms with Crippen LogP contribution in [0.2, 0.25) is 0 Å². The van der Waals surface area contributed by atoms with Gasteiger partial charge in [-0.3, -0.25) is 4.79 Å². The molecule has 1 N–H and O–H groups in total. The summed E-state index contributed by atoms with van der Waals surface area (Å²) in [5.41, 5.74) is 0.283. The molecule has 0 fully saturated rings. The van der Waals surface area contributed by atoms with E-state index < -0.39 is 11.5 Å². The van der Waals surface area contributed by atoms with Gasteiger partial charge >= 0.3 is 0 Å². The van der Waals surface area contributed by atoms with Crippen molar-refractivity contribution >= 4 is 11.6 Å². The van der Waals surface area contributed by atoms with E-state index in [4.69, 9.17) is 0 Å². The Balaban J connectivity index is 1.62. The van der Waals surface area contributed by atoms with E-state index in [-0.39, 0.29) is 12.1 Å². The molecule has 4 rings (SSSR count). The number of nitrogens with zero attached hydrogens (tertiary/aromatic N) is 5. The van der Waals surface area contributed by atoms with Crippen molar-refractivity contribution in [3.05, 3.63) is 89.8 Å². The average molecular weight is 371 g/mol. The molecule has 0 saturated heterocycles. The normalized spacial score (nSPS) is 18.0. The van der Waals surface area contributed by atoms with Gasteiger partial charge in [-0.25, -0.2) is 4.68 Å². The molecule has 138 valence electrons. The lowest BCUT2D eigenvalue weighted by molar-refractivity contribution is -0.132. The van der Waals surface area contributed by atoms with E-state index in [1.54, 1.807) is 35.1 Å². The Morgan fingerprint density at radius 1 is 1.14 bits per heavy atom. The van der Waals surface area contributed by atoms with E-state index in [2.05, 4.69) is 16.9 Å². The number of hydrogen-bond donors (Lipinski definition) is 1. The number of carbonyl (C=O) groups excluding carboxylic acids is 1. The number of benzene rings is 2. The van der Waals surface area contributed by atoms with Gasteiger partial charge in [-0.05, 0) is 11.6 Å². The molecule has 2 heterocycles. The molecule has 3 aromatic rings. The molecule has 1 atom stereocenters. The maximum absolute atomic E-state index is 13.0. The quantitative estimate of drug-likeness (QED) is 0.694. The monoisotopic (exact) mass is 371 g/mol. The van der Waals surface area contributed by atoms with Gasteiger partial charge in [0.15, 0.2) is 0 Å². The minimum absolute atomic E-state index is 0.131. The van der Waals surface area contributed by atoms with Crippen molar-refractivity contribution in [2.24, 2.45) is 0 Å². The second-order valence-electron chi connectivity index (χ2n) is 6.60. The van der Waals surface area contributed by atoms with Gasteiger partial charge in [-0.1, -0.05) is 60.3 Å². The molecule has 28 heavy (non-hydrogen) atoms. The lowest BCUT2D eigenvalue weighted by Gasteiger charge is -2.21. The zero-order chi connectivity index (χ0) is 19.7. The SMILES string of the molecule is C=C(C#N)C1(O)C(=O)N(Cc2cn(Cc3ccccc3)nn2)c2ccccc21. The van der Waals surface area contributed by atoms with Crippen LogP contribution in [0.3, 0.4) is 0 Å². The molecule has 0 aliphatic carbocycles. The van der Waals surface area contributed by atoms with Crippen LogP contribution in [-0.2, 0) is 23.5 Å². The van der Waals surface area contributed by atoms with E-state index >= 15 is 0 Å². The van der Waals surface area contributed by atoms with Crippen LogP contribution >= 0.6 is 0 Å². The van der Waals surface area contributed by atoms with Crippen LogP contribution in [0.1, 0.15) is 16.8 Å². The molecule has 0 radical (unpaired) electrons. The first-order chi connectivity index (χ1) is 13.5. The predicted octanol–water partition coefficient (Wildman–Crippen LogP) is 2.14. The topological polar surface area (TPSA) is 95.0 Å². The Hall–Kier alpha value is -3.76. The fourth-order valence-corrected chi connectivity index (χ4v) is 3.39. The van der Waals surface area contributed by atoms with Gasteiger partial charge in [0, 0.05) is 5.56 Å². The van der Waals surface area contributed by atoms with Gasteiger partial charge in [0.05, 0.1) is 36.6 Å². The lowest BCUT2D eigenvalue weighted by Crippen LogP contribution is -2.41. The number of para-hydroxylation sites is 1. The average Bonchev–Trinajstić information content (AvgIpc) is 3.25. The van der Waals surface area contributed by atoms with Crippen LogP contribution in [0, 0.1) is 11.3 Å². The standard InChI is InChI=1S/C21H17N5O2/c1-15(11-22)21(28)18-9-5-6-10-19(18)26(20(21)27)14-17-13-25(24-23-17)12-16-7-3-2-4-8-16/h2-10,13,28H,1,12,14H2. The van der Waals surface area contributed by atoms with Crippen LogP contribution in [0.4, 0.5) is 5.69 Å². The number of rotatable bonds is 5. The Morgan fingerprint density at radius 2 is 1.86 bits per heavy atom. The van der Waals surface area contributed by atoms with Gasteiger partial charge < -0.3 is 10.0 Å². The number of anilines is 1. The van der Waals surface area contributed by atoms with E-state index in [1.807, 2.05) is 36.4 Å². The molecule has 1 aliphatic rings. The summed E-state index contributed by atoms with van der Waals surface area (Å²) in [6, 6.07) is 18.5. The molecule has 1 amide bonds. The van der Waals surface area contributed by atoms with E-state index in [0.717, 1.165) is 5.56 Å². The Kier molecular flexibility index (Phi) is 4.26. The summed E-state index contributed by atoms with van der Waals surface area (Å²) in [6.45, 7) is 4.27. The number of aliphatic hydroxyl groups is 1. The number of carbonyl (C=O) groups is 1. The van der Waals surface area contributed by atoms with Crippen LogP contribution in [0.15, 0.2) is 72.9 Å². The largest absolute Gasteiger partial charge is 0.371 e. The van der Waals surface area contributed by atoms with Crippen LogP contribution < -0.4 is 4.90 Å². The third-order valence-electron chi connectivity index (χ3n) is 4.80. The van der Waals surface area contributed by atoms with Crippen LogP contribution in [-0.4, -0.2) is 26.0 Å². The maximum atomic E-state index is 13.0. The van der Waals surface area contributed by atoms with Gasteiger partial charge in [-0.2, -0.15) is 5.26 Å². The number of hydrogen-bond acceptors (Lipinski definition) is 5. The second kappa shape index (κ2) is 6.76. The molecule has 0 bridgehead atoms. The summed E-state index contributed by atoms with van der Waals surface area (Å²) in [5.74, 6) is -0.613. The second-order valence-corrected chi connectivity index (χ2v) is 6.60. The molecule has 2 aromatic carbocycles. The van der Waals surface area contributed by atoms with Crippen molar-refractivity contribution < 1.29 is 9.90 Å². The molecular weight excluding hydrogens is 354 g/mol. The predicted molar refractivity (Wildman–Crippen MR) is 102 cm³/mol. The number of aromatic nitrogens is 3. The fraction of sp³-hybridized carbons (Fsp3) is 0.143. The first kappa shape index (κ1) is 17.6. The third-order valence-corrected chi connectivity index (χ3v) is 4.80. The number of nitriles is 1. The molecule has 7 nitrogen and oxygen atoms in total. The van der Waals surface area contributed by atoms with Gasteiger partial charge in [0.2, 0.25) is 5.60 Å². The van der Waals surface area contributed by atoms with Gasteiger partial charge in [-0.15, -0.1) is 5.10 Å². The van der Waals surface area contributed by atoms with Gasteiger partial charge in [0.25, 0.3) is 5.91 Å². The van der Waals surface area contributed by atoms with Crippen LogP contribution in [0.25, 0.3) is 0 Å². The molecule has 7 heteroatoms. The van der Waals surface area contributed by atoms with Crippen molar-refractivity contribution in [1.29, 1.82) is 5.26 Å². The van der Waals surface area contributed by atoms with Crippen LogP contribution in [0.5, 0.6) is 0 Å². The smallest absolute Gasteiger partial charge is 0.269 e. The minimum Gasteiger partial charge on any atom is -0.371 e. The summed E-state index contributed by atoms with van der Waals surface area (Å²) in [4.78, 5) is 14.4. The highest BCUT2D eigenvalue weighted by Gasteiger charge is 2.52. The molecule has 0 saturated carbocycles. The summed E-state index contributed by atoms with van der Waals surface area (Å²) in [6.07, 6.45) is 1.76. The van der Waals surface area contributed by atoms with E-state index in [1.165, 1.54) is 4.90 Å². The summed E-state index contributed by atoms with van der Waals surface area (Å²) >= 11 is 0. The van der Waals surface area contributed by atoms with Crippen molar-refractivity contribution in [3.63, 3.8) is 0 Å². The fourth-order valence-electron chi connectivity index (χ4n) is 3.39. The molecular formula is C21H17N5O2. The van der Waals surface area contributed by atoms with E-state index in [0.29, 0.717) is 23.5 Å². The van der Waals surface area contributed by atoms with Crippen molar-refractivity contribution in [1.82, 2.24) is 15.0 Å². The minimum atomic E-state index is -2.05. The first-order valence-corrected chi connectivity index (χ1v) is 8.70. The molecule has 1 unspecified atom stereocenters. The molecule has 1 aliphatic heterocycles. The van der Waals surface area contributed by atoms with E-state index in [9.17, 15) is 15.2 Å². The van der Waals surface area contributed by atoms with Crippen molar-refractivity contribution in [3.8, 4) is 6.07 Å². The zero-order valence-corrected chi connectivity index (χ0v) is 15.0. The summed E-state index contributed by atoms with van der Waals surface area (Å²) in [5, 5.41) is 28.5. The first-order valence-electron chi connectivity index (χ1n) is 8.70. The highest BCUT2D eigenvalue weighted by molar-refractivity contribution is 6.09. The Bertz CT molecular complexity index is 1100. The third kappa shape index (κ3) is 2.76. The number of fused-ring (bicyclic) bond motifs is 1. The summed E-state index contributed by atoms with van der Waals surface area (Å²) < 4.78 is 1.69. The zero-order valence-electron chi connectivity index (χ0n) is 15.0.